The molecule has 6 nitrogen and oxygen atoms in total. The largest absolute Gasteiger partial charge is 0.215 e. The summed E-state index contributed by atoms with van der Waals surface area (Å²) in [7, 11) is 12.5. The van der Waals surface area contributed by atoms with Gasteiger partial charge in [0.25, 0.3) is 0 Å². The lowest BCUT2D eigenvalue weighted by Gasteiger charge is -2.08. The predicted molar refractivity (Wildman–Crippen MR) is 404 cm³/mol. The lowest BCUT2D eigenvalue weighted by molar-refractivity contribution is -0.660. The number of aromatic nitrogens is 6. The van der Waals surface area contributed by atoms with Gasteiger partial charge in [-0.3, -0.25) is 0 Å². The fourth-order valence-electron chi connectivity index (χ4n) is 12.2. The first-order chi connectivity index (χ1) is 46.7. The summed E-state index contributed by atoms with van der Waals surface area (Å²) >= 11 is 0. The van der Waals surface area contributed by atoms with E-state index in [0.29, 0.717) is 5.56 Å². The normalized spacial score (nSPS) is 11.1. The third-order valence-corrected chi connectivity index (χ3v) is 18.1. The molecule has 0 amide bonds. The zero-order chi connectivity index (χ0) is 72.7. The molecular formula is C90H108N6+6. The molecular weight excluding hydrogens is 1170 g/mol. The van der Waals surface area contributed by atoms with E-state index in [-0.39, 0.29) is 0 Å². The number of hydrogen-bond acceptors (Lipinski definition) is 0. The maximum absolute atomic E-state index is 7.45. The van der Waals surface area contributed by atoms with E-state index in [1.165, 1.54) is 145 Å². The number of benzene rings is 6. The van der Waals surface area contributed by atoms with Gasteiger partial charge in [0.2, 0.25) is 34.2 Å². The molecule has 0 saturated carbocycles. The van der Waals surface area contributed by atoms with Crippen molar-refractivity contribution in [3.63, 3.8) is 0 Å². The van der Waals surface area contributed by atoms with Gasteiger partial charge < -0.3 is 0 Å². The average Bonchev–Trinajstić information content (AvgIpc) is 0.842. The molecule has 96 heavy (non-hydrogen) atoms. The van der Waals surface area contributed by atoms with Crippen LogP contribution in [-0.2, 0) is 42.3 Å². The fourth-order valence-corrected chi connectivity index (χ4v) is 12.2. The Hall–Kier alpha value is -9.78. The number of aryl methyl sites for hydroxylation is 23. The summed E-state index contributed by atoms with van der Waals surface area (Å²) in [4.78, 5) is 0. The van der Waals surface area contributed by atoms with Crippen LogP contribution in [0.15, 0.2) is 219 Å². The van der Waals surface area contributed by atoms with E-state index in [1.54, 1.807) is 12.1 Å². The lowest BCUT2D eigenvalue weighted by Crippen LogP contribution is -2.31. The Morgan fingerprint density at radius 3 is 0.906 bits per heavy atom. The highest BCUT2D eigenvalue weighted by Crippen LogP contribution is 2.29. The molecule has 6 aromatic carbocycles. The maximum Gasteiger partial charge on any atom is 0.215 e. The molecule has 0 aliphatic heterocycles. The third-order valence-electron chi connectivity index (χ3n) is 18.1. The summed E-state index contributed by atoms with van der Waals surface area (Å²) in [5.41, 5.74) is 37.7. The van der Waals surface area contributed by atoms with Crippen molar-refractivity contribution in [3.8, 4) is 67.5 Å². The molecule has 12 rings (SSSR count). The van der Waals surface area contributed by atoms with Crippen molar-refractivity contribution in [1.82, 2.24) is 0 Å². The SMILES string of the molecule is Cc1cc[n+](C)c(-c2c(C)cccc2C)c1.Cc1cc[n+](C)c(-c2c(C)cccc2C)c1.Cc1ccc(C)c(-c2cc(C)cc[n+]2C)c1.Cc1ccc(C)c(-c2cc(C)cc[n+]2C)c1.Cc1ccccc1-c1c(C)c(C)cc[n+]1C.[2H]C([2H])([2H])c1ccc(-c2cc(C)cc[n+]2C)c(C)c1. The second-order valence-electron chi connectivity index (χ2n) is 26.6. The molecule has 492 valence electrons. The molecule has 0 radical (unpaired) electrons. The smallest absolute Gasteiger partial charge is 0.201 e. The Balaban J connectivity index is 0.000000167. The second-order valence-corrected chi connectivity index (χ2v) is 26.6. The Morgan fingerprint density at radius 2 is 0.531 bits per heavy atom. The first-order valence-electron chi connectivity index (χ1n) is 35.0. The summed E-state index contributed by atoms with van der Waals surface area (Å²) in [6, 6.07) is 63.8. The molecule has 0 saturated heterocycles. The van der Waals surface area contributed by atoms with Crippen LogP contribution in [0, 0.1) is 125 Å². The van der Waals surface area contributed by atoms with E-state index in [9.17, 15) is 0 Å². The van der Waals surface area contributed by atoms with Crippen molar-refractivity contribution >= 4 is 0 Å². The van der Waals surface area contributed by atoms with E-state index in [1.807, 2.05) is 30.8 Å². The van der Waals surface area contributed by atoms with Crippen LogP contribution in [0.2, 0.25) is 0 Å². The van der Waals surface area contributed by atoms with Gasteiger partial charge in [0.05, 0.1) is 11.1 Å². The molecule has 12 aromatic rings. The Labute approximate surface area is 582 Å². The van der Waals surface area contributed by atoms with E-state index < -0.39 is 6.85 Å². The molecule has 0 spiro atoms. The average molecular weight is 1280 g/mol. The monoisotopic (exact) mass is 1280 g/mol. The highest BCUT2D eigenvalue weighted by molar-refractivity contribution is 5.68. The molecule has 6 aromatic heterocycles. The van der Waals surface area contributed by atoms with Crippen molar-refractivity contribution in [2.24, 2.45) is 42.3 Å². The van der Waals surface area contributed by atoms with Crippen molar-refractivity contribution in [2.45, 2.75) is 125 Å². The first-order valence-corrected chi connectivity index (χ1v) is 33.5. The van der Waals surface area contributed by atoms with E-state index >= 15 is 0 Å². The molecule has 0 bridgehead atoms. The molecule has 6 heteroatoms. The van der Waals surface area contributed by atoms with E-state index in [0.717, 1.165) is 16.8 Å². The summed E-state index contributed by atoms with van der Waals surface area (Å²) < 4.78 is 35.3. The topological polar surface area (TPSA) is 23.3 Å². The zero-order valence-electron chi connectivity index (χ0n) is 65.0. The Morgan fingerprint density at radius 1 is 0.219 bits per heavy atom. The zero-order valence-corrected chi connectivity index (χ0v) is 62.0. The molecule has 0 N–H and O–H groups in total. The third kappa shape index (κ3) is 19.2. The molecule has 6 heterocycles. The number of hydrogen-bond donors (Lipinski definition) is 0. The van der Waals surface area contributed by atoms with Gasteiger partial charge in [-0.25, -0.2) is 27.4 Å². The Kier molecular flexibility index (Phi) is 24.1. The minimum atomic E-state index is -2.04. The predicted octanol–water partition coefficient (Wildman–Crippen LogP) is 18.6. The van der Waals surface area contributed by atoms with Gasteiger partial charge in [0.1, 0.15) is 42.3 Å². The van der Waals surface area contributed by atoms with Crippen LogP contribution in [0.1, 0.15) is 104 Å². The number of nitrogens with zero attached hydrogens (tertiary/aromatic N) is 6. The van der Waals surface area contributed by atoms with Crippen LogP contribution in [0.25, 0.3) is 67.5 Å². The Bertz CT molecular complexity index is 4490. The maximum atomic E-state index is 7.45. The summed E-state index contributed by atoms with van der Waals surface area (Å²) in [5, 5.41) is 0. The minimum Gasteiger partial charge on any atom is -0.201 e. The molecule has 0 fully saturated rings. The van der Waals surface area contributed by atoms with Crippen molar-refractivity contribution in [1.29, 1.82) is 0 Å². The molecule has 0 aliphatic carbocycles. The molecule has 0 aliphatic rings. The minimum absolute atomic E-state index is 0.393. The summed E-state index contributed by atoms with van der Waals surface area (Å²) in [5.74, 6) is 0. The molecule has 0 unspecified atom stereocenters. The summed E-state index contributed by atoms with van der Waals surface area (Å²) in [6.45, 7) is 34.3. The fraction of sp³-hybridized carbons (Fsp3) is 0.267. The quantitative estimate of drug-likeness (QED) is 0.148. The van der Waals surface area contributed by atoms with Gasteiger partial charge in [-0.15, -0.1) is 0 Å². The van der Waals surface area contributed by atoms with E-state index in [2.05, 4.69) is 364 Å². The van der Waals surface area contributed by atoms with Gasteiger partial charge in [-0.05, 0) is 227 Å². The number of pyridine rings is 6. The summed E-state index contributed by atoms with van der Waals surface area (Å²) in [6.07, 6.45) is 12.6. The standard InChI is InChI=1S/6C15H18N/c1-11-5-6-14(13(3)9-11)15-10-12(2)7-8-16(15)4;2*1-11-5-6-13(3)14(9-11)15-10-12(2)7-8-16(15)4;2*1-11-8-9-16(4)14(10-11)15-12(2)6-5-7-13(15)3;1-11-9-10-16(4)15(13(11)3)14-8-6-5-7-12(14)2/h6*5-10H,1-4H3/q6*+1/i1D3;;;;;. The van der Waals surface area contributed by atoms with Crippen molar-refractivity contribution in [2.75, 3.05) is 0 Å². The lowest BCUT2D eigenvalue weighted by atomic mass is 9.98. The van der Waals surface area contributed by atoms with Gasteiger partial charge in [-0.1, -0.05) is 108 Å². The molecule has 0 atom stereocenters. The van der Waals surface area contributed by atoms with Crippen LogP contribution in [-0.4, -0.2) is 0 Å². The van der Waals surface area contributed by atoms with Crippen LogP contribution in [0.4, 0.5) is 0 Å². The highest BCUT2D eigenvalue weighted by Gasteiger charge is 2.20. The second kappa shape index (κ2) is 33.6. The highest BCUT2D eigenvalue weighted by atomic mass is 14.9. The van der Waals surface area contributed by atoms with Gasteiger partial charge in [0.15, 0.2) is 37.2 Å². The van der Waals surface area contributed by atoms with Gasteiger partial charge in [-0.2, -0.15) is 0 Å². The van der Waals surface area contributed by atoms with E-state index in [4.69, 9.17) is 4.11 Å². The van der Waals surface area contributed by atoms with Gasteiger partial charge in [0, 0.05) is 98.7 Å². The van der Waals surface area contributed by atoms with Gasteiger partial charge >= 0.3 is 0 Å². The van der Waals surface area contributed by atoms with Crippen LogP contribution in [0.5, 0.6) is 0 Å². The van der Waals surface area contributed by atoms with Crippen molar-refractivity contribution in [3.05, 3.63) is 319 Å². The van der Waals surface area contributed by atoms with Crippen molar-refractivity contribution < 1.29 is 31.5 Å². The first kappa shape index (κ1) is 69.1. The van der Waals surface area contributed by atoms with Crippen LogP contribution < -0.4 is 27.4 Å². The van der Waals surface area contributed by atoms with Crippen LogP contribution in [0.3, 0.4) is 0 Å². The van der Waals surface area contributed by atoms with Crippen LogP contribution >= 0.6 is 0 Å². The number of rotatable bonds is 6.